The molecule has 7 nitrogen and oxygen atoms in total. The number of halogens is 1. The van der Waals surface area contributed by atoms with Crippen LogP contribution >= 0.6 is 11.3 Å². The zero-order chi connectivity index (χ0) is 28.7. The van der Waals surface area contributed by atoms with Gasteiger partial charge in [-0.15, -0.1) is 0 Å². The third kappa shape index (κ3) is 4.68. The predicted molar refractivity (Wildman–Crippen MR) is 157 cm³/mol. The lowest BCUT2D eigenvalue weighted by Crippen LogP contribution is -2.39. The Kier molecular flexibility index (Phi) is 6.88. The molecule has 0 unspecified atom stereocenters. The van der Waals surface area contributed by atoms with E-state index in [1.165, 1.54) is 28.0 Å². The van der Waals surface area contributed by atoms with E-state index in [0.29, 0.717) is 26.3 Å². The molecule has 41 heavy (non-hydrogen) atoms. The first-order chi connectivity index (χ1) is 19.9. The van der Waals surface area contributed by atoms with Gasteiger partial charge in [-0.25, -0.2) is 14.2 Å². The topological polar surface area (TPSA) is 85.7 Å². The smallest absolute Gasteiger partial charge is 0.338 e. The molecule has 3 heterocycles. The van der Waals surface area contributed by atoms with E-state index >= 15 is 0 Å². The molecule has 1 atom stereocenters. The number of carbonyl (C=O) groups excluding carboxylic acids is 1. The summed E-state index contributed by atoms with van der Waals surface area (Å²) >= 11 is 1.24. The third-order valence-electron chi connectivity index (χ3n) is 7.09. The minimum atomic E-state index is -0.815. The summed E-state index contributed by atoms with van der Waals surface area (Å²) in [6, 6.07) is 20.6. The van der Waals surface area contributed by atoms with Gasteiger partial charge in [0, 0.05) is 16.5 Å². The number of H-pyrrole nitrogens is 1. The average molecular weight is 568 g/mol. The molecule has 0 saturated carbocycles. The van der Waals surface area contributed by atoms with E-state index in [1.807, 2.05) is 54.6 Å². The van der Waals surface area contributed by atoms with Crippen molar-refractivity contribution in [2.75, 3.05) is 13.7 Å². The van der Waals surface area contributed by atoms with Gasteiger partial charge < -0.3 is 14.5 Å². The number of aromatic nitrogens is 2. The Labute approximate surface area is 238 Å². The van der Waals surface area contributed by atoms with E-state index in [-0.39, 0.29) is 17.7 Å². The van der Waals surface area contributed by atoms with Crippen LogP contribution in [0.5, 0.6) is 5.75 Å². The first-order valence-electron chi connectivity index (χ1n) is 13.1. The molecule has 206 valence electrons. The van der Waals surface area contributed by atoms with E-state index in [4.69, 9.17) is 9.47 Å². The maximum Gasteiger partial charge on any atom is 0.338 e. The SMILES string of the molecule is CCOC(=O)C1=C(C)N=c2s/c(=C\c3c(-c4ccccc4)[nH]c4ccc(OC)cc34)c(=O)n2[C@H]1c1ccc(F)cc1. The van der Waals surface area contributed by atoms with Crippen LogP contribution in [0.1, 0.15) is 31.0 Å². The molecule has 0 saturated heterocycles. The maximum absolute atomic E-state index is 14.1. The second kappa shape index (κ2) is 10.7. The van der Waals surface area contributed by atoms with Crippen molar-refractivity contribution in [3.05, 3.63) is 121 Å². The molecule has 1 aliphatic heterocycles. The van der Waals surface area contributed by atoms with Gasteiger partial charge in [-0.05, 0) is 61.4 Å². The van der Waals surface area contributed by atoms with E-state index in [2.05, 4.69) is 9.98 Å². The standard InChI is InChI=1S/C32H26FN3O4S/c1-4-40-31(38)27-18(2)34-32-36(29(27)20-10-12-21(33)13-11-20)30(37)26(41-32)17-24-23-16-22(39-3)14-15-25(23)35-28(24)19-8-6-5-7-9-19/h5-17,29,35H,4H2,1-3H3/b26-17-/t29-/m0/s1. The number of methoxy groups -OCH3 is 1. The fourth-order valence-electron chi connectivity index (χ4n) is 5.18. The number of benzene rings is 3. The van der Waals surface area contributed by atoms with Crippen molar-refractivity contribution in [2.45, 2.75) is 19.9 Å². The molecule has 0 spiro atoms. The van der Waals surface area contributed by atoms with E-state index in [1.54, 1.807) is 33.1 Å². The highest BCUT2D eigenvalue weighted by Crippen LogP contribution is 2.34. The number of nitrogens with one attached hydrogen (secondary N) is 1. The molecule has 6 rings (SSSR count). The number of ether oxygens (including phenoxy) is 2. The molecule has 0 aliphatic carbocycles. The van der Waals surface area contributed by atoms with Crippen molar-refractivity contribution in [1.29, 1.82) is 0 Å². The van der Waals surface area contributed by atoms with E-state index in [0.717, 1.165) is 27.7 Å². The Balaban J connectivity index is 1.62. The quantitative estimate of drug-likeness (QED) is 0.290. The van der Waals surface area contributed by atoms with Gasteiger partial charge in [-0.3, -0.25) is 9.36 Å². The summed E-state index contributed by atoms with van der Waals surface area (Å²) in [4.78, 5) is 35.8. The molecular formula is C32H26FN3O4S. The lowest BCUT2D eigenvalue weighted by Gasteiger charge is -2.24. The van der Waals surface area contributed by atoms with Crippen LogP contribution in [0.4, 0.5) is 4.39 Å². The van der Waals surface area contributed by atoms with E-state index in [9.17, 15) is 14.0 Å². The number of rotatable bonds is 6. The fourth-order valence-corrected chi connectivity index (χ4v) is 6.21. The molecule has 0 amide bonds. The van der Waals surface area contributed by atoms with Crippen molar-refractivity contribution < 1.29 is 18.7 Å². The molecule has 0 radical (unpaired) electrons. The molecule has 0 bridgehead atoms. The number of nitrogens with zero attached hydrogens (tertiary/aromatic N) is 2. The lowest BCUT2D eigenvalue weighted by molar-refractivity contribution is -0.139. The monoisotopic (exact) mass is 567 g/mol. The number of esters is 1. The second-order valence-electron chi connectivity index (χ2n) is 9.55. The first-order valence-corrected chi connectivity index (χ1v) is 13.9. The Morgan fingerprint density at radius 3 is 2.59 bits per heavy atom. The van der Waals surface area contributed by atoms with Crippen LogP contribution in [0.15, 0.2) is 93.9 Å². The zero-order valence-electron chi connectivity index (χ0n) is 22.6. The first kappa shape index (κ1) is 26.5. The van der Waals surface area contributed by atoms with Gasteiger partial charge >= 0.3 is 5.97 Å². The Morgan fingerprint density at radius 2 is 1.88 bits per heavy atom. The van der Waals surface area contributed by atoms with E-state index < -0.39 is 17.8 Å². The van der Waals surface area contributed by atoms with Gasteiger partial charge in [-0.1, -0.05) is 53.8 Å². The number of thiazole rings is 1. The fraction of sp³-hybridized carbons (Fsp3) is 0.156. The van der Waals surface area contributed by atoms with Gasteiger partial charge in [0.2, 0.25) is 0 Å². The highest BCUT2D eigenvalue weighted by molar-refractivity contribution is 7.07. The molecule has 0 fully saturated rings. The van der Waals surface area contributed by atoms with Gasteiger partial charge in [-0.2, -0.15) is 0 Å². The van der Waals surface area contributed by atoms with Crippen LogP contribution in [0.3, 0.4) is 0 Å². The summed E-state index contributed by atoms with van der Waals surface area (Å²) in [5, 5.41) is 0.896. The largest absolute Gasteiger partial charge is 0.497 e. The summed E-state index contributed by atoms with van der Waals surface area (Å²) in [5.74, 6) is -0.284. The third-order valence-corrected chi connectivity index (χ3v) is 8.07. The molecule has 3 aromatic carbocycles. The predicted octanol–water partition coefficient (Wildman–Crippen LogP) is 5.09. The Bertz CT molecular complexity index is 2000. The molecular weight excluding hydrogens is 541 g/mol. The van der Waals surface area contributed by atoms with Crippen LogP contribution in [0.2, 0.25) is 0 Å². The Morgan fingerprint density at radius 1 is 1.12 bits per heavy atom. The summed E-state index contributed by atoms with van der Waals surface area (Å²) < 4.78 is 26.6. The average Bonchev–Trinajstić information content (AvgIpc) is 3.49. The van der Waals surface area contributed by atoms with Crippen molar-refractivity contribution in [1.82, 2.24) is 9.55 Å². The molecule has 5 aromatic rings. The van der Waals surface area contributed by atoms with Gasteiger partial charge in [0.15, 0.2) is 4.80 Å². The minimum absolute atomic E-state index is 0.169. The zero-order valence-corrected chi connectivity index (χ0v) is 23.4. The van der Waals surface area contributed by atoms with Crippen LogP contribution in [-0.2, 0) is 9.53 Å². The van der Waals surface area contributed by atoms with Crippen molar-refractivity contribution >= 4 is 34.3 Å². The van der Waals surface area contributed by atoms with Gasteiger partial charge in [0.25, 0.3) is 5.56 Å². The number of carbonyl (C=O) groups is 1. The number of fused-ring (bicyclic) bond motifs is 2. The van der Waals surface area contributed by atoms with Crippen LogP contribution in [0, 0.1) is 5.82 Å². The maximum atomic E-state index is 14.1. The van der Waals surface area contributed by atoms with Crippen molar-refractivity contribution in [3.8, 4) is 17.0 Å². The molecule has 1 N–H and O–H groups in total. The highest BCUT2D eigenvalue weighted by atomic mass is 32.1. The number of aromatic amines is 1. The normalized spacial score (nSPS) is 15.1. The lowest BCUT2D eigenvalue weighted by atomic mass is 9.96. The van der Waals surface area contributed by atoms with Gasteiger partial charge in [0.05, 0.1) is 41.3 Å². The van der Waals surface area contributed by atoms with Crippen molar-refractivity contribution in [2.24, 2.45) is 4.99 Å². The Hall–Kier alpha value is -4.76. The number of hydrogen-bond acceptors (Lipinski definition) is 6. The second-order valence-corrected chi connectivity index (χ2v) is 10.6. The molecule has 2 aromatic heterocycles. The van der Waals surface area contributed by atoms with Crippen LogP contribution < -0.4 is 19.6 Å². The molecule has 1 aliphatic rings. The summed E-state index contributed by atoms with van der Waals surface area (Å²) in [6.45, 7) is 3.61. The summed E-state index contributed by atoms with van der Waals surface area (Å²) in [5.41, 5.74) is 4.52. The van der Waals surface area contributed by atoms with Crippen molar-refractivity contribution in [3.63, 3.8) is 0 Å². The van der Waals surface area contributed by atoms with Crippen LogP contribution in [0.25, 0.3) is 28.2 Å². The highest BCUT2D eigenvalue weighted by Gasteiger charge is 2.33. The summed E-state index contributed by atoms with van der Waals surface area (Å²) in [6.07, 6.45) is 1.86. The molecule has 9 heteroatoms. The van der Waals surface area contributed by atoms with Crippen LogP contribution in [-0.4, -0.2) is 29.2 Å². The minimum Gasteiger partial charge on any atom is -0.497 e. The number of hydrogen-bond donors (Lipinski definition) is 1. The number of allylic oxidation sites excluding steroid dienone is 1. The summed E-state index contributed by atoms with van der Waals surface area (Å²) in [7, 11) is 1.61. The van der Waals surface area contributed by atoms with Gasteiger partial charge in [0.1, 0.15) is 11.6 Å².